The summed E-state index contributed by atoms with van der Waals surface area (Å²) >= 11 is 0. The Hall–Kier alpha value is -1.84. The second-order valence-corrected chi connectivity index (χ2v) is 7.84. The highest BCUT2D eigenvalue weighted by Crippen LogP contribution is 2.41. The van der Waals surface area contributed by atoms with E-state index in [0.717, 1.165) is 18.4 Å². The van der Waals surface area contributed by atoms with Crippen LogP contribution in [0.1, 0.15) is 57.9 Å². The Morgan fingerprint density at radius 2 is 1.76 bits per heavy atom. The van der Waals surface area contributed by atoms with Crippen molar-refractivity contribution in [2.24, 2.45) is 11.8 Å². The molecule has 0 heterocycles. The maximum Gasteiger partial charge on any atom is 0.227 e. The van der Waals surface area contributed by atoms with E-state index in [1.54, 1.807) is 0 Å². The van der Waals surface area contributed by atoms with Crippen molar-refractivity contribution >= 4 is 11.8 Å². The minimum Gasteiger partial charge on any atom is -0.353 e. The summed E-state index contributed by atoms with van der Waals surface area (Å²) in [5.74, 6) is -0.0301. The van der Waals surface area contributed by atoms with Gasteiger partial charge in [0.2, 0.25) is 11.8 Å². The van der Waals surface area contributed by atoms with Crippen LogP contribution < -0.4 is 5.32 Å². The van der Waals surface area contributed by atoms with E-state index >= 15 is 0 Å². The topological polar surface area (TPSA) is 49.4 Å². The van der Waals surface area contributed by atoms with Gasteiger partial charge in [-0.2, -0.15) is 0 Å². The van der Waals surface area contributed by atoms with Gasteiger partial charge in [0.25, 0.3) is 0 Å². The highest BCUT2D eigenvalue weighted by molar-refractivity contribution is 5.92. The van der Waals surface area contributed by atoms with E-state index in [4.69, 9.17) is 0 Å². The largest absolute Gasteiger partial charge is 0.353 e. The predicted octanol–water partition coefficient (Wildman–Crippen LogP) is 3.51. The third kappa shape index (κ3) is 4.62. The molecule has 136 valence electrons. The summed E-state index contributed by atoms with van der Waals surface area (Å²) in [6.07, 6.45) is 6.56. The molecule has 0 aliphatic heterocycles. The number of carbonyl (C=O) groups is 2. The summed E-state index contributed by atoms with van der Waals surface area (Å²) in [6.45, 7) is 4.70. The Labute approximate surface area is 151 Å². The number of hydrogen-bond donors (Lipinski definition) is 1. The Morgan fingerprint density at radius 1 is 1.08 bits per heavy atom. The first-order chi connectivity index (χ1) is 12.1. The molecule has 2 aliphatic carbocycles. The van der Waals surface area contributed by atoms with Crippen LogP contribution in [0.3, 0.4) is 0 Å². The van der Waals surface area contributed by atoms with Crippen LogP contribution in [-0.4, -0.2) is 28.8 Å². The average Bonchev–Trinajstić information content (AvgIpc) is 3.41. The number of amides is 2. The van der Waals surface area contributed by atoms with E-state index in [-0.39, 0.29) is 29.7 Å². The number of nitrogens with zero attached hydrogens (tertiary/aromatic N) is 1. The smallest absolute Gasteiger partial charge is 0.227 e. The lowest BCUT2D eigenvalue weighted by molar-refractivity contribution is -0.137. The summed E-state index contributed by atoms with van der Waals surface area (Å²) in [4.78, 5) is 27.3. The van der Waals surface area contributed by atoms with Crippen molar-refractivity contribution in [2.75, 3.05) is 0 Å². The summed E-state index contributed by atoms with van der Waals surface area (Å²) in [6, 6.07) is 10.5. The SMILES string of the molecule is CC(C)N(Cc1ccccc1)C(=O)C1CC1C(=O)NC1CCCCC1. The second-order valence-electron chi connectivity index (χ2n) is 7.84. The number of rotatable bonds is 6. The predicted molar refractivity (Wildman–Crippen MR) is 98.7 cm³/mol. The maximum absolute atomic E-state index is 12.9. The molecule has 0 aromatic heterocycles. The molecule has 2 amide bonds. The molecular formula is C21H30N2O2. The van der Waals surface area contributed by atoms with Gasteiger partial charge in [0.05, 0.1) is 11.8 Å². The molecule has 1 N–H and O–H groups in total. The highest BCUT2D eigenvalue weighted by Gasteiger charge is 2.50. The number of hydrogen-bond acceptors (Lipinski definition) is 2. The first kappa shape index (κ1) is 18.0. The second kappa shape index (κ2) is 8.03. The van der Waals surface area contributed by atoms with Gasteiger partial charge in [-0.25, -0.2) is 0 Å². The Morgan fingerprint density at radius 3 is 2.40 bits per heavy atom. The Kier molecular flexibility index (Phi) is 5.77. The number of nitrogens with one attached hydrogen (secondary N) is 1. The molecule has 25 heavy (non-hydrogen) atoms. The molecule has 0 radical (unpaired) electrons. The lowest BCUT2D eigenvalue weighted by Crippen LogP contribution is -2.40. The van der Waals surface area contributed by atoms with Crippen LogP contribution in [0.25, 0.3) is 0 Å². The quantitative estimate of drug-likeness (QED) is 0.860. The summed E-state index contributed by atoms with van der Waals surface area (Å²) in [7, 11) is 0. The van der Waals surface area contributed by atoms with Crippen molar-refractivity contribution in [3.63, 3.8) is 0 Å². The third-order valence-corrected chi connectivity index (χ3v) is 5.50. The molecule has 3 rings (SSSR count). The van der Waals surface area contributed by atoms with Crippen LogP contribution in [0.5, 0.6) is 0 Å². The van der Waals surface area contributed by atoms with Gasteiger partial charge in [0.1, 0.15) is 0 Å². The first-order valence-electron chi connectivity index (χ1n) is 9.71. The van der Waals surface area contributed by atoms with Crippen molar-refractivity contribution in [1.82, 2.24) is 10.2 Å². The van der Waals surface area contributed by atoms with Crippen LogP contribution in [0.15, 0.2) is 30.3 Å². The standard InChI is InChI=1S/C21H30N2O2/c1-15(2)23(14-16-9-5-3-6-10-16)21(25)19-13-18(19)20(24)22-17-11-7-4-8-12-17/h3,5-6,9-10,15,17-19H,4,7-8,11-14H2,1-2H3,(H,22,24). The van der Waals surface area contributed by atoms with Gasteiger partial charge in [-0.05, 0) is 38.7 Å². The molecule has 1 aromatic rings. The normalized spacial score (nSPS) is 23.3. The zero-order chi connectivity index (χ0) is 17.8. The zero-order valence-corrected chi connectivity index (χ0v) is 15.4. The molecule has 0 saturated heterocycles. The molecule has 2 fully saturated rings. The van der Waals surface area contributed by atoms with Gasteiger partial charge in [-0.1, -0.05) is 49.6 Å². The fourth-order valence-electron chi connectivity index (χ4n) is 3.82. The Balaban J connectivity index is 1.55. The van der Waals surface area contributed by atoms with Crippen LogP contribution in [-0.2, 0) is 16.1 Å². The van der Waals surface area contributed by atoms with E-state index in [0.29, 0.717) is 19.0 Å². The van der Waals surface area contributed by atoms with Crippen molar-refractivity contribution < 1.29 is 9.59 Å². The van der Waals surface area contributed by atoms with Gasteiger partial charge < -0.3 is 10.2 Å². The lowest BCUT2D eigenvalue weighted by atomic mass is 9.95. The molecule has 2 unspecified atom stereocenters. The highest BCUT2D eigenvalue weighted by atomic mass is 16.2. The van der Waals surface area contributed by atoms with Crippen LogP contribution in [0, 0.1) is 11.8 Å². The summed E-state index contributed by atoms with van der Waals surface area (Å²) < 4.78 is 0. The molecule has 0 spiro atoms. The van der Waals surface area contributed by atoms with Gasteiger partial charge in [0.15, 0.2) is 0 Å². The molecule has 0 bridgehead atoms. The van der Waals surface area contributed by atoms with E-state index in [9.17, 15) is 9.59 Å². The average molecular weight is 342 g/mol. The van der Waals surface area contributed by atoms with E-state index < -0.39 is 0 Å². The monoisotopic (exact) mass is 342 g/mol. The Bertz CT molecular complexity index is 593. The lowest BCUT2D eigenvalue weighted by Gasteiger charge is -2.27. The van der Waals surface area contributed by atoms with Gasteiger partial charge in [-0.15, -0.1) is 0 Å². The maximum atomic E-state index is 12.9. The zero-order valence-electron chi connectivity index (χ0n) is 15.4. The van der Waals surface area contributed by atoms with Crippen molar-refractivity contribution in [3.8, 4) is 0 Å². The van der Waals surface area contributed by atoms with E-state index in [2.05, 4.69) is 5.32 Å². The number of benzene rings is 1. The summed E-state index contributed by atoms with van der Waals surface area (Å²) in [5.41, 5.74) is 1.13. The first-order valence-corrected chi connectivity index (χ1v) is 9.71. The van der Waals surface area contributed by atoms with Crippen LogP contribution in [0.4, 0.5) is 0 Å². The van der Waals surface area contributed by atoms with Crippen LogP contribution >= 0.6 is 0 Å². The number of carbonyl (C=O) groups excluding carboxylic acids is 2. The van der Waals surface area contributed by atoms with Crippen molar-refractivity contribution in [3.05, 3.63) is 35.9 Å². The molecule has 4 heteroatoms. The molecule has 4 nitrogen and oxygen atoms in total. The molecule has 2 atom stereocenters. The van der Waals surface area contributed by atoms with E-state index in [1.807, 2.05) is 49.1 Å². The van der Waals surface area contributed by atoms with Gasteiger partial charge in [-0.3, -0.25) is 9.59 Å². The van der Waals surface area contributed by atoms with Crippen LogP contribution in [0.2, 0.25) is 0 Å². The summed E-state index contributed by atoms with van der Waals surface area (Å²) in [5, 5.41) is 3.17. The van der Waals surface area contributed by atoms with Gasteiger partial charge >= 0.3 is 0 Å². The van der Waals surface area contributed by atoms with Crippen molar-refractivity contribution in [2.45, 2.75) is 71.0 Å². The molecule has 2 saturated carbocycles. The molecular weight excluding hydrogens is 312 g/mol. The molecule has 1 aromatic carbocycles. The van der Waals surface area contributed by atoms with Gasteiger partial charge in [0, 0.05) is 18.6 Å². The minimum atomic E-state index is -0.130. The molecule has 2 aliphatic rings. The fraction of sp³-hybridized carbons (Fsp3) is 0.619. The van der Waals surface area contributed by atoms with Crippen molar-refractivity contribution in [1.29, 1.82) is 0 Å². The fourth-order valence-corrected chi connectivity index (χ4v) is 3.82. The van der Waals surface area contributed by atoms with E-state index in [1.165, 1.54) is 19.3 Å². The third-order valence-electron chi connectivity index (χ3n) is 5.50. The minimum absolute atomic E-state index is 0.0914.